The Morgan fingerprint density at radius 1 is 1.04 bits per heavy atom. The molecule has 13 heteroatoms. The van der Waals surface area contributed by atoms with E-state index in [0.29, 0.717) is 50.7 Å². The maximum absolute atomic E-state index is 13.3. The van der Waals surface area contributed by atoms with Gasteiger partial charge in [0.25, 0.3) is 0 Å². The number of amides is 1. The first-order chi connectivity index (χ1) is 22.2. The van der Waals surface area contributed by atoms with Crippen LogP contribution in [0.2, 0.25) is 0 Å². The number of sulfone groups is 1. The Balaban J connectivity index is 0.985. The lowest BCUT2D eigenvalue weighted by molar-refractivity contribution is -0.154. The third-order valence-corrected chi connectivity index (χ3v) is 10.3. The normalized spacial score (nSPS) is 22.5. The van der Waals surface area contributed by atoms with E-state index in [1.807, 2.05) is 46.0 Å². The van der Waals surface area contributed by atoms with Crippen LogP contribution in [-0.2, 0) is 24.2 Å². The van der Waals surface area contributed by atoms with E-state index in [-0.39, 0.29) is 41.7 Å². The van der Waals surface area contributed by atoms with Crippen LogP contribution in [0.15, 0.2) is 42.7 Å². The molecule has 6 rings (SSSR count). The number of ether oxygens (including phenoxy) is 2. The summed E-state index contributed by atoms with van der Waals surface area (Å²) in [5.74, 6) is 2.15. The van der Waals surface area contributed by atoms with Gasteiger partial charge in [0.2, 0.25) is 11.9 Å². The van der Waals surface area contributed by atoms with Gasteiger partial charge in [-0.3, -0.25) is 9.59 Å². The van der Waals surface area contributed by atoms with Crippen LogP contribution in [0.5, 0.6) is 5.75 Å². The number of hydrogen-bond acceptors (Lipinski definition) is 10. The number of carbonyl (C=O) groups excluding carboxylic acids is 2. The molecule has 0 radical (unpaired) electrons. The second-order valence-corrected chi connectivity index (χ2v) is 15.0. The van der Waals surface area contributed by atoms with Crippen molar-refractivity contribution in [3.8, 4) is 11.6 Å². The number of benzene rings is 1. The minimum atomic E-state index is -3.02. The van der Waals surface area contributed by atoms with Crippen LogP contribution in [0.3, 0.4) is 0 Å². The molecule has 248 valence electrons. The minimum absolute atomic E-state index is 0.0149. The maximum Gasteiger partial charge on any atom is 0.323 e. The van der Waals surface area contributed by atoms with E-state index in [0.717, 1.165) is 61.8 Å². The molecule has 3 fully saturated rings. The quantitative estimate of drug-likeness (QED) is 0.233. The summed E-state index contributed by atoms with van der Waals surface area (Å²) in [5.41, 5.74) is 0.928. The summed E-state index contributed by atoms with van der Waals surface area (Å²) < 4.78 is 36.5. The van der Waals surface area contributed by atoms with Crippen molar-refractivity contribution < 1.29 is 27.5 Å². The fourth-order valence-electron chi connectivity index (χ4n) is 6.77. The van der Waals surface area contributed by atoms with E-state index in [2.05, 4.69) is 15.6 Å². The molecule has 12 nitrogen and oxygen atoms in total. The van der Waals surface area contributed by atoms with E-state index in [4.69, 9.17) is 14.5 Å². The zero-order chi connectivity index (χ0) is 32.1. The number of aromatic nitrogens is 3. The highest BCUT2D eigenvalue weighted by atomic mass is 32.2. The summed E-state index contributed by atoms with van der Waals surface area (Å²) in [6.45, 7) is 2.46. The second-order valence-electron chi connectivity index (χ2n) is 12.7. The van der Waals surface area contributed by atoms with E-state index < -0.39 is 9.84 Å². The molecule has 2 saturated heterocycles. The molecule has 2 N–H and O–H groups in total. The zero-order valence-electron chi connectivity index (χ0n) is 26.4. The van der Waals surface area contributed by atoms with Crippen molar-refractivity contribution >= 4 is 38.6 Å². The van der Waals surface area contributed by atoms with Crippen LogP contribution >= 0.6 is 0 Å². The molecule has 1 aliphatic carbocycles. The Morgan fingerprint density at radius 3 is 2.59 bits per heavy atom. The molecule has 3 aliphatic rings. The van der Waals surface area contributed by atoms with Crippen molar-refractivity contribution in [3.63, 3.8) is 0 Å². The number of carbonyl (C=O) groups is 2. The summed E-state index contributed by atoms with van der Waals surface area (Å²) in [4.78, 5) is 36.9. The fourth-order valence-corrected chi connectivity index (χ4v) is 7.42. The van der Waals surface area contributed by atoms with Gasteiger partial charge in [-0.25, -0.2) is 13.4 Å². The van der Waals surface area contributed by atoms with Gasteiger partial charge in [-0.2, -0.15) is 4.98 Å². The molecule has 1 atom stereocenters. The summed E-state index contributed by atoms with van der Waals surface area (Å²) in [5, 5.41) is 7.60. The molecule has 1 amide bonds. The average Bonchev–Trinajstić information content (AvgIpc) is 3.75. The highest BCUT2D eigenvalue weighted by Gasteiger charge is 2.33. The van der Waals surface area contributed by atoms with E-state index in [1.165, 1.54) is 6.26 Å². The molecule has 46 heavy (non-hydrogen) atoms. The Bertz CT molecular complexity index is 1620. The van der Waals surface area contributed by atoms with Crippen LogP contribution in [0, 0.1) is 5.92 Å². The van der Waals surface area contributed by atoms with Crippen molar-refractivity contribution in [1.82, 2.24) is 24.8 Å². The van der Waals surface area contributed by atoms with Crippen LogP contribution in [0.1, 0.15) is 57.8 Å². The van der Waals surface area contributed by atoms with Gasteiger partial charge in [0.1, 0.15) is 33.6 Å². The van der Waals surface area contributed by atoms with Gasteiger partial charge in [-0.05, 0) is 75.8 Å². The molecule has 2 aliphatic heterocycles. The average molecular weight is 653 g/mol. The summed E-state index contributed by atoms with van der Waals surface area (Å²) >= 11 is 0. The number of hydrogen-bond donors (Lipinski definition) is 2. The number of nitrogens with one attached hydrogen (secondary N) is 2. The topological polar surface area (TPSA) is 145 Å². The number of likely N-dealkylation sites (tertiary alicyclic amines) is 1. The van der Waals surface area contributed by atoms with Crippen LogP contribution in [0.4, 0.5) is 5.95 Å². The SMILES string of the molecule is CS(=O)(=O)CCCOc1cccc2c1ccn2-c1ccnc(NC2CCC(C(=O)N3CCC(OC(=O)C4CCCN4)CC3)CC2)n1. The molecular weight excluding hydrogens is 608 g/mol. The minimum Gasteiger partial charge on any atom is -0.493 e. The third kappa shape index (κ3) is 7.98. The maximum atomic E-state index is 13.3. The molecule has 2 aromatic heterocycles. The lowest BCUT2D eigenvalue weighted by Gasteiger charge is -2.36. The number of rotatable bonds is 11. The van der Waals surface area contributed by atoms with Gasteiger partial charge in [-0.1, -0.05) is 6.07 Å². The first kappa shape index (κ1) is 32.2. The van der Waals surface area contributed by atoms with Crippen LogP contribution in [-0.4, -0.2) is 96.2 Å². The summed E-state index contributed by atoms with van der Waals surface area (Å²) in [6, 6.07) is 9.63. The fraction of sp³-hybridized carbons (Fsp3) is 0.576. The van der Waals surface area contributed by atoms with E-state index in [9.17, 15) is 18.0 Å². The van der Waals surface area contributed by atoms with Gasteiger partial charge in [0, 0.05) is 61.9 Å². The summed E-state index contributed by atoms with van der Waals surface area (Å²) in [7, 11) is -3.02. The third-order valence-electron chi connectivity index (χ3n) is 9.29. The highest BCUT2D eigenvalue weighted by molar-refractivity contribution is 7.90. The molecule has 1 aromatic carbocycles. The van der Waals surface area contributed by atoms with Crippen molar-refractivity contribution in [2.75, 3.05) is 43.6 Å². The number of nitrogens with zero attached hydrogens (tertiary/aromatic N) is 4. The highest BCUT2D eigenvalue weighted by Crippen LogP contribution is 2.31. The van der Waals surface area contributed by atoms with E-state index in [1.54, 1.807) is 6.20 Å². The van der Waals surface area contributed by atoms with Gasteiger partial charge >= 0.3 is 5.97 Å². The predicted molar refractivity (Wildman–Crippen MR) is 175 cm³/mol. The van der Waals surface area contributed by atoms with Gasteiger partial charge in [0.05, 0.1) is 17.9 Å². The van der Waals surface area contributed by atoms with Crippen molar-refractivity contribution in [3.05, 3.63) is 42.7 Å². The number of esters is 1. The van der Waals surface area contributed by atoms with Gasteiger partial charge in [-0.15, -0.1) is 0 Å². The first-order valence-corrected chi connectivity index (χ1v) is 18.5. The molecule has 0 bridgehead atoms. The monoisotopic (exact) mass is 652 g/mol. The molecular formula is C33H44N6O6S. The van der Waals surface area contributed by atoms with Crippen molar-refractivity contribution in [1.29, 1.82) is 0 Å². The lowest BCUT2D eigenvalue weighted by atomic mass is 9.85. The van der Waals surface area contributed by atoms with Crippen LogP contribution in [0.25, 0.3) is 16.7 Å². The molecule has 3 aromatic rings. The number of piperidine rings is 1. The zero-order valence-corrected chi connectivity index (χ0v) is 27.2. The molecule has 1 unspecified atom stereocenters. The van der Waals surface area contributed by atoms with Crippen molar-refractivity contribution in [2.24, 2.45) is 5.92 Å². The molecule has 0 spiro atoms. The number of anilines is 1. The van der Waals surface area contributed by atoms with E-state index >= 15 is 0 Å². The lowest BCUT2D eigenvalue weighted by Crippen LogP contribution is -2.46. The predicted octanol–water partition coefficient (Wildman–Crippen LogP) is 3.49. The Kier molecular flexibility index (Phi) is 10.1. The largest absolute Gasteiger partial charge is 0.493 e. The smallest absolute Gasteiger partial charge is 0.323 e. The summed E-state index contributed by atoms with van der Waals surface area (Å²) in [6.07, 6.45) is 11.8. The molecule has 1 saturated carbocycles. The Labute approximate surface area is 270 Å². The van der Waals surface area contributed by atoms with Gasteiger partial charge < -0.3 is 29.6 Å². The Hall–Kier alpha value is -3.71. The Morgan fingerprint density at radius 2 is 1.85 bits per heavy atom. The first-order valence-electron chi connectivity index (χ1n) is 16.5. The van der Waals surface area contributed by atoms with Crippen molar-refractivity contribution in [2.45, 2.75) is 76.0 Å². The molecule has 4 heterocycles. The van der Waals surface area contributed by atoms with Gasteiger partial charge in [0.15, 0.2) is 0 Å². The second kappa shape index (κ2) is 14.4. The van der Waals surface area contributed by atoms with Crippen LogP contribution < -0.4 is 15.4 Å². The number of fused-ring (bicyclic) bond motifs is 1. The standard InChI is InChI=1S/C33H44N6O6S/c1-46(42,43)22-4-21-44-29-7-2-6-28-26(29)15-20-39(28)30-12-17-35-33(37-30)36-24-10-8-23(9-11-24)31(40)38-18-13-25(14-19-38)45-32(41)27-5-3-16-34-27/h2,6-7,12,15,17,20,23-25,27,34H,3-5,8-11,13-14,16,18-19,21-22H2,1H3,(H,35,36,37).